The normalized spacial score (nSPS) is 10.9. The number of aromatic carboxylic acids is 1. The minimum atomic E-state index is -1.05. The molecular formula is C10H10ClN3O2. The summed E-state index contributed by atoms with van der Waals surface area (Å²) < 4.78 is 1.36. The van der Waals surface area contributed by atoms with Crippen LogP contribution in [0.3, 0.4) is 0 Å². The first kappa shape index (κ1) is 10.9. The van der Waals surface area contributed by atoms with E-state index in [0.717, 1.165) is 17.7 Å². The summed E-state index contributed by atoms with van der Waals surface area (Å²) in [5.41, 5.74) is 1.97. The van der Waals surface area contributed by atoms with Crippen LogP contribution in [0, 0.1) is 6.92 Å². The van der Waals surface area contributed by atoms with Crippen molar-refractivity contribution in [3.8, 4) is 0 Å². The molecule has 0 aliphatic heterocycles. The van der Waals surface area contributed by atoms with Crippen molar-refractivity contribution in [3.63, 3.8) is 0 Å². The van der Waals surface area contributed by atoms with E-state index in [-0.39, 0.29) is 11.2 Å². The van der Waals surface area contributed by atoms with Crippen molar-refractivity contribution in [1.82, 2.24) is 14.6 Å². The fraction of sp³-hybridized carbons (Fsp3) is 0.300. The molecule has 0 aliphatic rings. The first-order chi connectivity index (χ1) is 7.56. The van der Waals surface area contributed by atoms with Crippen LogP contribution in [0.1, 0.15) is 28.5 Å². The zero-order valence-corrected chi connectivity index (χ0v) is 9.62. The third-order valence-corrected chi connectivity index (χ3v) is 2.86. The molecule has 84 valence electrons. The predicted octanol–water partition coefficient (Wildman–Crippen LogP) is 1.95. The van der Waals surface area contributed by atoms with Crippen molar-refractivity contribution in [2.45, 2.75) is 20.3 Å². The van der Waals surface area contributed by atoms with Crippen LogP contribution in [0.2, 0.25) is 5.15 Å². The van der Waals surface area contributed by atoms with Crippen molar-refractivity contribution in [2.75, 3.05) is 0 Å². The van der Waals surface area contributed by atoms with Crippen LogP contribution in [-0.2, 0) is 6.42 Å². The number of hydrogen-bond acceptors (Lipinski definition) is 3. The third-order valence-electron chi connectivity index (χ3n) is 2.47. The Morgan fingerprint density at radius 1 is 1.62 bits per heavy atom. The highest BCUT2D eigenvalue weighted by molar-refractivity contribution is 6.30. The van der Waals surface area contributed by atoms with Crippen molar-refractivity contribution in [1.29, 1.82) is 0 Å². The molecular weight excluding hydrogens is 230 g/mol. The highest BCUT2D eigenvalue weighted by Gasteiger charge is 2.17. The highest BCUT2D eigenvalue weighted by Crippen LogP contribution is 2.22. The molecule has 6 heteroatoms. The number of aromatic nitrogens is 3. The molecule has 2 aromatic rings. The van der Waals surface area contributed by atoms with E-state index in [1.54, 1.807) is 0 Å². The van der Waals surface area contributed by atoms with Gasteiger partial charge in [0.15, 0.2) is 5.65 Å². The van der Waals surface area contributed by atoms with Gasteiger partial charge in [-0.2, -0.15) is 5.10 Å². The summed E-state index contributed by atoms with van der Waals surface area (Å²) in [5, 5.41) is 13.3. The Labute approximate surface area is 96.7 Å². The average molecular weight is 240 g/mol. The summed E-state index contributed by atoms with van der Waals surface area (Å²) >= 11 is 6.13. The number of carboxylic acids is 1. The van der Waals surface area contributed by atoms with E-state index in [9.17, 15) is 4.79 Å². The molecule has 0 aromatic carbocycles. The van der Waals surface area contributed by atoms with Crippen molar-refractivity contribution in [2.24, 2.45) is 0 Å². The number of halogens is 1. The van der Waals surface area contributed by atoms with Gasteiger partial charge in [-0.15, -0.1) is 0 Å². The van der Waals surface area contributed by atoms with Crippen molar-refractivity contribution in [3.05, 3.63) is 28.2 Å². The second kappa shape index (κ2) is 3.75. The standard InChI is InChI=1S/C10H10ClN3O2/c1-3-6-5(2)13-9-7(10(15)16)4-12-14(9)8(6)11/h4H,3H2,1-2H3,(H,15,16). The topological polar surface area (TPSA) is 67.5 Å². The predicted molar refractivity (Wildman–Crippen MR) is 59.1 cm³/mol. The van der Waals surface area contributed by atoms with Gasteiger partial charge in [0.05, 0.1) is 6.20 Å². The number of aryl methyl sites for hydroxylation is 1. The van der Waals surface area contributed by atoms with Crippen LogP contribution in [0.25, 0.3) is 5.65 Å². The van der Waals surface area contributed by atoms with E-state index < -0.39 is 5.97 Å². The lowest BCUT2D eigenvalue weighted by molar-refractivity contribution is 0.0699. The zero-order chi connectivity index (χ0) is 11.9. The van der Waals surface area contributed by atoms with Crippen molar-refractivity contribution < 1.29 is 9.90 Å². The minimum absolute atomic E-state index is 0.0626. The van der Waals surface area contributed by atoms with E-state index in [1.807, 2.05) is 13.8 Å². The Bertz CT molecular complexity index is 577. The summed E-state index contributed by atoms with van der Waals surface area (Å²) in [6, 6.07) is 0. The number of rotatable bonds is 2. The number of nitrogens with zero attached hydrogens (tertiary/aromatic N) is 3. The van der Waals surface area contributed by atoms with Gasteiger partial charge in [0.1, 0.15) is 10.7 Å². The highest BCUT2D eigenvalue weighted by atomic mass is 35.5. The smallest absolute Gasteiger partial charge is 0.341 e. The third kappa shape index (κ3) is 1.44. The van der Waals surface area contributed by atoms with Crippen LogP contribution < -0.4 is 0 Å². The fourth-order valence-corrected chi connectivity index (χ4v) is 2.04. The van der Waals surface area contributed by atoms with E-state index in [4.69, 9.17) is 16.7 Å². The van der Waals surface area contributed by atoms with Gasteiger partial charge in [-0.25, -0.2) is 14.3 Å². The molecule has 2 rings (SSSR count). The quantitative estimate of drug-likeness (QED) is 0.814. The molecule has 0 bridgehead atoms. The second-order valence-electron chi connectivity index (χ2n) is 3.42. The monoisotopic (exact) mass is 239 g/mol. The molecule has 2 heterocycles. The average Bonchev–Trinajstić information content (AvgIpc) is 2.62. The van der Waals surface area contributed by atoms with E-state index in [0.29, 0.717) is 5.15 Å². The van der Waals surface area contributed by atoms with Gasteiger partial charge in [0.25, 0.3) is 0 Å². The van der Waals surface area contributed by atoms with E-state index in [1.165, 1.54) is 10.7 Å². The van der Waals surface area contributed by atoms with Gasteiger partial charge in [-0.1, -0.05) is 18.5 Å². The lowest BCUT2D eigenvalue weighted by Gasteiger charge is -2.06. The lowest BCUT2D eigenvalue weighted by atomic mass is 10.2. The van der Waals surface area contributed by atoms with Gasteiger partial charge >= 0.3 is 5.97 Å². The molecule has 0 aliphatic carbocycles. The van der Waals surface area contributed by atoms with Crippen LogP contribution in [0.4, 0.5) is 0 Å². The van der Waals surface area contributed by atoms with Gasteiger partial charge in [-0.05, 0) is 13.3 Å². The van der Waals surface area contributed by atoms with Gasteiger partial charge in [0, 0.05) is 11.3 Å². The molecule has 0 amide bonds. The minimum Gasteiger partial charge on any atom is -0.477 e. The second-order valence-corrected chi connectivity index (χ2v) is 3.78. The first-order valence-corrected chi connectivity index (χ1v) is 5.20. The summed E-state index contributed by atoms with van der Waals surface area (Å²) in [4.78, 5) is 15.1. The lowest BCUT2D eigenvalue weighted by Crippen LogP contribution is -2.03. The maximum absolute atomic E-state index is 10.9. The largest absolute Gasteiger partial charge is 0.477 e. The van der Waals surface area contributed by atoms with Crippen molar-refractivity contribution >= 4 is 23.2 Å². The number of carbonyl (C=O) groups is 1. The fourth-order valence-electron chi connectivity index (χ4n) is 1.65. The maximum Gasteiger partial charge on any atom is 0.341 e. The van der Waals surface area contributed by atoms with E-state index >= 15 is 0 Å². The molecule has 2 aromatic heterocycles. The molecule has 0 unspecified atom stereocenters. The molecule has 1 N–H and O–H groups in total. The summed E-state index contributed by atoms with van der Waals surface area (Å²) in [5.74, 6) is -1.05. The molecule has 0 radical (unpaired) electrons. The molecule has 5 nitrogen and oxygen atoms in total. The first-order valence-electron chi connectivity index (χ1n) is 4.82. The molecule has 0 saturated heterocycles. The molecule has 0 fully saturated rings. The Balaban J connectivity index is 2.84. The van der Waals surface area contributed by atoms with Gasteiger partial charge in [0.2, 0.25) is 0 Å². The SMILES string of the molecule is CCc1c(C)nc2c(C(=O)O)cnn2c1Cl. The summed E-state index contributed by atoms with van der Waals surface area (Å²) in [6.45, 7) is 3.77. The van der Waals surface area contributed by atoms with Crippen LogP contribution in [-0.4, -0.2) is 25.7 Å². The Kier molecular flexibility index (Phi) is 2.55. The van der Waals surface area contributed by atoms with E-state index in [2.05, 4.69) is 10.1 Å². The van der Waals surface area contributed by atoms with Gasteiger partial charge in [-0.3, -0.25) is 0 Å². The maximum atomic E-state index is 10.9. The number of carboxylic acid groups (broad SMARTS) is 1. The zero-order valence-electron chi connectivity index (χ0n) is 8.86. The van der Waals surface area contributed by atoms with Gasteiger partial charge < -0.3 is 5.11 Å². The molecule has 0 spiro atoms. The molecule has 16 heavy (non-hydrogen) atoms. The Morgan fingerprint density at radius 2 is 2.31 bits per heavy atom. The Hall–Kier alpha value is -1.62. The molecule has 0 saturated carbocycles. The number of hydrogen-bond donors (Lipinski definition) is 1. The van der Waals surface area contributed by atoms with Crippen LogP contribution >= 0.6 is 11.6 Å². The summed E-state index contributed by atoms with van der Waals surface area (Å²) in [7, 11) is 0. The summed E-state index contributed by atoms with van der Waals surface area (Å²) in [6.07, 6.45) is 1.99. The molecule has 0 atom stereocenters. The van der Waals surface area contributed by atoms with Crippen LogP contribution in [0.5, 0.6) is 0 Å². The number of fused-ring (bicyclic) bond motifs is 1. The Morgan fingerprint density at radius 3 is 2.88 bits per heavy atom. The van der Waals surface area contributed by atoms with Crippen LogP contribution in [0.15, 0.2) is 6.20 Å².